The van der Waals surface area contributed by atoms with Crippen LogP contribution < -0.4 is 9.80 Å². The molecule has 0 saturated carbocycles. The van der Waals surface area contributed by atoms with Crippen molar-refractivity contribution < 1.29 is 9.59 Å². The Labute approximate surface area is 586 Å². The second kappa shape index (κ2) is 22.4. The van der Waals surface area contributed by atoms with E-state index in [0.29, 0.717) is 22.2 Å². The second-order valence-corrected chi connectivity index (χ2v) is 33.2. The molecule has 2 amide bonds. The molecular formula is C92H86N6O2. The lowest BCUT2D eigenvalue weighted by atomic mass is 9.79. The van der Waals surface area contributed by atoms with E-state index in [0.717, 1.165) is 154 Å². The summed E-state index contributed by atoms with van der Waals surface area (Å²) in [5, 5.41) is 12.1. The van der Waals surface area contributed by atoms with Gasteiger partial charge in [-0.3, -0.25) is 9.59 Å². The Hall–Kier alpha value is -10.6. The predicted octanol–water partition coefficient (Wildman–Crippen LogP) is 23.6. The molecule has 100 heavy (non-hydrogen) atoms. The van der Waals surface area contributed by atoms with E-state index >= 15 is 9.59 Å². The van der Waals surface area contributed by atoms with E-state index in [1.807, 2.05) is 12.1 Å². The van der Waals surface area contributed by atoms with E-state index in [2.05, 4.69) is 309 Å². The van der Waals surface area contributed by atoms with E-state index in [4.69, 9.17) is 9.97 Å². The molecule has 0 unspecified atom stereocenters. The molecule has 8 nitrogen and oxygen atoms in total. The number of rotatable bonds is 6. The fraction of sp³-hybridized carbons (Fsp3) is 0.261. The number of para-hydroxylation sites is 1. The molecule has 8 bridgehead atoms. The summed E-state index contributed by atoms with van der Waals surface area (Å²) in [4.78, 5) is 54.3. The van der Waals surface area contributed by atoms with Crippen molar-refractivity contribution in [2.24, 2.45) is 0 Å². The maximum atomic E-state index is 15.4. The summed E-state index contributed by atoms with van der Waals surface area (Å²) in [5.41, 5.74) is 21.8. The van der Waals surface area contributed by atoms with E-state index in [1.165, 1.54) is 27.2 Å². The molecule has 8 heteroatoms. The van der Waals surface area contributed by atoms with Gasteiger partial charge in [0.25, 0.3) is 11.8 Å². The van der Waals surface area contributed by atoms with Crippen molar-refractivity contribution in [1.29, 1.82) is 0 Å². The number of carbonyl (C=O) groups is 2. The number of amides is 2. The zero-order chi connectivity index (χ0) is 70.3. The Morgan fingerprint density at radius 2 is 0.860 bits per heavy atom. The van der Waals surface area contributed by atoms with Crippen molar-refractivity contribution in [3.05, 3.63) is 225 Å². The number of carbonyl (C=O) groups excluding carboxylic acids is 2. The summed E-state index contributed by atoms with van der Waals surface area (Å²) in [5.74, 6) is 6.87. The van der Waals surface area contributed by atoms with Crippen LogP contribution in [0.2, 0.25) is 0 Å². The van der Waals surface area contributed by atoms with Crippen LogP contribution in [0.3, 0.4) is 0 Å². The Kier molecular flexibility index (Phi) is 14.4. The van der Waals surface area contributed by atoms with Crippen molar-refractivity contribution in [1.82, 2.24) is 19.9 Å². The number of imide groups is 1. The van der Waals surface area contributed by atoms with E-state index in [-0.39, 0.29) is 45.3 Å². The van der Waals surface area contributed by atoms with Crippen LogP contribution in [0, 0.1) is 11.8 Å². The summed E-state index contributed by atoms with van der Waals surface area (Å²) < 4.78 is 0. The van der Waals surface area contributed by atoms with Gasteiger partial charge < -0.3 is 14.9 Å². The highest BCUT2D eigenvalue weighted by Crippen LogP contribution is 2.51. The van der Waals surface area contributed by atoms with Gasteiger partial charge in [-0.1, -0.05) is 214 Å². The molecule has 10 aromatic carbocycles. The van der Waals surface area contributed by atoms with Gasteiger partial charge in [-0.25, -0.2) is 14.9 Å². The monoisotopic (exact) mass is 1310 g/mol. The van der Waals surface area contributed by atoms with Crippen molar-refractivity contribution in [3.63, 3.8) is 0 Å². The highest BCUT2D eigenvalue weighted by molar-refractivity contribution is 6.46. The number of hydrogen-bond acceptors (Lipinski definition) is 5. The fourth-order valence-electron chi connectivity index (χ4n) is 15.7. The minimum atomic E-state index is -0.294. The molecular weight excluding hydrogens is 1220 g/mol. The number of aromatic nitrogens is 4. The van der Waals surface area contributed by atoms with Crippen LogP contribution in [0.1, 0.15) is 199 Å². The lowest BCUT2D eigenvalue weighted by Gasteiger charge is -2.32. The number of benzene rings is 10. The number of H-pyrrole nitrogens is 2. The molecule has 0 spiro atoms. The molecule has 14 aromatic rings. The van der Waals surface area contributed by atoms with Gasteiger partial charge in [0.15, 0.2) is 0 Å². The number of nitrogens with one attached hydrogen (secondary N) is 2. The van der Waals surface area contributed by atoms with E-state index in [9.17, 15) is 0 Å². The zero-order valence-corrected chi connectivity index (χ0v) is 60.9. The van der Waals surface area contributed by atoms with Gasteiger partial charge in [-0.05, 0) is 205 Å². The molecule has 6 heterocycles. The SMILES string of the molecule is CC(C)c1cccc(C(C)C)c1N1C(=O)c2ccc3c4ccc5c6cc7nc6c(c6ccc([nH]6)c(-c6cc(C(C)(C)C)cc(C(C)(C)C)c6)c6nc(c(C#Cc8ccc(N(C)C)cc8)c8ccc([nH]8)c7-c7cc(C(C)(C)C)cc(C(C)(C)C)c7)C=C6)c6ccc(c7ccc(c2c37)C1=O)c4c56. The van der Waals surface area contributed by atoms with Gasteiger partial charge >= 0.3 is 0 Å². The summed E-state index contributed by atoms with van der Waals surface area (Å²) >= 11 is 0. The Bertz CT molecular complexity index is 5920. The van der Waals surface area contributed by atoms with Gasteiger partial charge in [0.2, 0.25) is 0 Å². The molecule has 0 aliphatic carbocycles. The first kappa shape index (κ1) is 64.1. The van der Waals surface area contributed by atoms with Crippen LogP contribution in [0.5, 0.6) is 0 Å². The van der Waals surface area contributed by atoms with Gasteiger partial charge in [0.1, 0.15) is 0 Å². The normalized spacial score (nSPS) is 13.6. The molecule has 2 N–H and O–H groups in total. The summed E-state index contributed by atoms with van der Waals surface area (Å²) in [6, 6.07) is 57.4. The summed E-state index contributed by atoms with van der Waals surface area (Å²) in [6.45, 7) is 36.1. The first-order valence-corrected chi connectivity index (χ1v) is 35.5. The summed E-state index contributed by atoms with van der Waals surface area (Å²) in [6.07, 6.45) is 4.31. The first-order valence-electron chi connectivity index (χ1n) is 35.5. The maximum Gasteiger partial charge on any atom is 0.266 e. The molecule has 16 rings (SSSR count). The zero-order valence-electron chi connectivity index (χ0n) is 60.9. The third-order valence-corrected chi connectivity index (χ3v) is 21.4. The average Bonchev–Trinajstić information content (AvgIpc) is 1.10. The van der Waals surface area contributed by atoms with Gasteiger partial charge in [0, 0.05) is 80.3 Å². The smallest absolute Gasteiger partial charge is 0.266 e. The van der Waals surface area contributed by atoms with Crippen LogP contribution in [0.4, 0.5) is 11.4 Å². The quantitative estimate of drug-likeness (QED) is 0.0748. The molecule has 496 valence electrons. The number of anilines is 2. The number of nitrogens with zero attached hydrogens (tertiary/aromatic N) is 4. The lowest BCUT2D eigenvalue weighted by molar-refractivity contribution is 0.0892. The molecule has 4 aromatic heterocycles. The Morgan fingerprint density at radius 3 is 1.38 bits per heavy atom. The van der Waals surface area contributed by atoms with Gasteiger partial charge in [-0.2, -0.15) is 0 Å². The molecule has 0 saturated heterocycles. The predicted molar refractivity (Wildman–Crippen MR) is 424 cm³/mol. The van der Waals surface area contributed by atoms with E-state index < -0.39 is 0 Å². The maximum absolute atomic E-state index is 15.4. The van der Waals surface area contributed by atoms with Crippen molar-refractivity contribution in [3.8, 4) is 34.1 Å². The molecule has 0 fully saturated rings. The van der Waals surface area contributed by atoms with Crippen LogP contribution in [-0.4, -0.2) is 45.8 Å². The lowest BCUT2D eigenvalue weighted by Crippen LogP contribution is -2.41. The second-order valence-electron chi connectivity index (χ2n) is 33.2. The van der Waals surface area contributed by atoms with Crippen molar-refractivity contribution >= 4 is 133 Å². The summed E-state index contributed by atoms with van der Waals surface area (Å²) in [7, 11) is 4.11. The van der Waals surface area contributed by atoms with Crippen LogP contribution in [-0.2, 0) is 21.7 Å². The van der Waals surface area contributed by atoms with Crippen LogP contribution in [0.15, 0.2) is 158 Å². The van der Waals surface area contributed by atoms with E-state index in [1.54, 1.807) is 0 Å². The van der Waals surface area contributed by atoms with Crippen molar-refractivity contribution in [2.45, 2.75) is 144 Å². The number of hydrogen-bond donors (Lipinski definition) is 2. The minimum absolute atomic E-state index is 0.0828. The third kappa shape index (κ3) is 10.2. The third-order valence-electron chi connectivity index (χ3n) is 21.4. The van der Waals surface area contributed by atoms with Crippen molar-refractivity contribution in [2.75, 3.05) is 23.9 Å². The Balaban J connectivity index is 1.05. The topological polar surface area (TPSA) is 98.0 Å². The number of fused-ring (bicyclic) bond motifs is 12. The average molecular weight is 1310 g/mol. The standard InChI is InChI=1S/C92H86N6O2/c1-49(2)59-20-19-21-60(50(3)4)86(59)98-87(99)68-34-31-63-61-28-29-65-70-48-77-79(53-44-56(91(11,12)13)47-57(45-53)92(14,15)16)75-39-37-72(94-75)66(27-24-51-22-25-58(26-23-51)97(17)18)71-36-38-73(93-71)78(52-42-54(89(5,6)7)46-55(43-52)90(8,9)10)74-40-41-76(95-74)84(85(70)96-77)67-33-30-62(80(61)82(65)67)64-32-35-69(88(98)100)83(68)81(63)64/h19-23,25-26,28-50,94-95H,1-18H3. The molecule has 2 aliphatic heterocycles. The number of aromatic amines is 2. The van der Waals surface area contributed by atoms with Gasteiger partial charge in [0.05, 0.1) is 39.2 Å². The highest BCUT2D eigenvalue weighted by atomic mass is 16.2. The highest BCUT2D eigenvalue weighted by Gasteiger charge is 2.39. The minimum Gasteiger partial charge on any atom is -0.378 e. The molecule has 0 atom stereocenters. The fourth-order valence-corrected chi connectivity index (χ4v) is 15.7. The largest absolute Gasteiger partial charge is 0.378 e. The molecule has 2 aliphatic rings. The first-order chi connectivity index (χ1) is 47.4. The Morgan fingerprint density at radius 1 is 0.420 bits per heavy atom. The van der Waals surface area contributed by atoms with Gasteiger partial charge in [-0.15, -0.1) is 0 Å². The molecule has 0 radical (unpaired) electrons. The van der Waals surface area contributed by atoms with Crippen LogP contribution >= 0.6 is 0 Å². The van der Waals surface area contributed by atoms with Crippen LogP contribution in [0.25, 0.3) is 132 Å².